The third-order valence-corrected chi connectivity index (χ3v) is 3.80. The number of methoxy groups -OCH3 is 1. The maximum Gasteiger partial charge on any atom is 0.274 e. The van der Waals surface area contributed by atoms with E-state index in [1.807, 2.05) is 31.2 Å². The summed E-state index contributed by atoms with van der Waals surface area (Å²) in [6.07, 6.45) is 0.814. The molecular formula is C20H26N4O4. The molecule has 0 radical (unpaired) electrons. The number of nitrogens with zero attached hydrogens (tertiary/aromatic N) is 2. The molecule has 0 fully saturated rings. The average Bonchev–Trinajstić information content (AvgIpc) is 2.70. The SMILES string of the molecule is CCNC(=NCc1ccccc1[N+](=O)[O-])Nc1cccc(OCCCOC)c1. The summed E-state index contributed by atoms with van der Waals surface area (Å²) in [5.74, 6) is 1.29. The summed E-state index contributed by atoms with van der Waals surface area (Å²) in [4.78, 5) is 15.2. The summed E-state index contributed by atoms with van der Waals surface area (Å²) in [6, 6.07) is 14.2. The first kappa shape index (κ1) is 21.2. The molecule has 0 spiro atoms. The van der Waals surface area contributed by atoms with Crippen LogP contribution in [0.3, 0.4) is 0 Å². The number of nitrogens with one attached hydrogen (secondary N) is 2. The van der Waals surface area contributed by atoms with Gasteiger partial charge in [-0.2, -0.15) is 0 Å². The number of anilines is 1. The van der Waals surface area contributed by atoms with Gasteiger partial charge in [0.25, 0.3) is 5.69 Å². The highest BCUT2D eigenvalue weighted by Gasteiger charge is 2.12. The lowest BCUT2D eigenvalue weighted by Gasteiger charge is -2.13. The van der Waals surface area contributed by atoms with Crippen LogP contribution in [0.2, 0.25) is 0 Å². The van der Waals surface area contributed by atoms with E-state index < -0.39 is 4.92 Å². The fraction of sp³-hybridized carbons (Fsp3) is 0.350. The monoisotopic (exact) mass is 386 g/mol. The molecule has 0 heterocycles. The van der Waals surface area contributed by atoms with Gasteiger partial charge in [-0.05, 0) is 19.1 Å². The molecule has 0 amide bonds. The van der Waals surface area contributed by atoms with Gasteiger partial charge in [0.2, 0.25) is 0 Å². The highest BCUT2D eigenvalue weighted by Crippen LogP contribution is 2.19. The number of hydrogen-bond acceptors (Lipinski definition) is 5. The minimum atomic E-state index is -0.393. The number of rotatable bonds is 10. The summed E-state index contributed by atoms with van der Waals surface area (Å²) < 4.78 is 10.7. The summed E-state index contributed by atoms with van der Waals surface area (Å²) in [5.41, 5.74) is 1.43. The average molecular weight is 386 g/mol. The number of hydrogen-bond donors (Lipinski definition) is 2. The molecule has 0 aliphatic rings. The van der Waals surface area contributed by atoms with Crippen LogP contribution >= 0.6 is 0 Å². The van der Waals surface area contributed by atoms with Crippen molar-refractivity contribution in [3.05, 3.63) is 64.2 Å². The van der Waals surface area contributed by atoms with Gasteiger partial charge in [-0.1, -0.05) is 24.3 Å². The first-order valence-electron chi connectivity index (χ1n) is 9.13. The molecule has 0 saturated carbocycles. The fourth-order valence-electron chi connectivity index (χ4n) is 2.49. The zero-order valence-corrected chi connectivity index (χ0v) is 16.2. The van der Waals surface area contributed by atoms with Gasteiger partial charge in [0.05, 0.1) is 23.6 Å². The number of aliphatic imine (C=N–C) groups is 1. The Hall–Kier alpha value is -3.13. The Labute approximate surface area is 164 Å². The third-order valence-electron chi connectivity index (χ3n) is 3.80. The fourth-order valence-corrected chi connectivity index (χ4v) is 2.49. The minimum Gasteiger partial charge on any atom is -0.493 e. The zero-order valence-electron chi connectivity index (χ0n) is 16.2. The van der Waals surface area contributed by atoms with E-state index in [-0.39, 0.29) is 12.2 Å². The van der Waals surface area contributed by atoms with Crippen molar-refractivity contribution in [3.63, 3.8) is 0 Å². The van der Waals surface area contributed by atoms with Gasteiger partial charge in [0.15, 0.2) is 5.96 Å². The van der Waals surface area contributed by atoms with E-state index in [1.54, 1.807) is 25.3 Å². The molecule has 2 N–H and O–H groups in total. The van der Waals surface area contributed by atoms with Crippen LogP contribution in [0, 0.1) is 10.1 Å². The highest BCUT2D eigenvalue weighted by atomic mass is 16.6. The molecule has 0 aromatic heterocycles. The highest BCUT2D eigenvalue weighted by molar-refractivity contribution is 5.93. The van der Waals surface area contributed by atoms with Crippen molar-refractivity contribution >= 4 is 17.3 Å². The topological polar surface area (TPSA) is 98.0 Å². The van der Waals surface area contributed by atoms with E-state index in [2.05, 4.69) is 15.6 Å². The van der Waals surface area contributed by atoms with Crippen LogP contribution in [0.4, 0.5) is 11.4 Å². The molecule has 0 saturated heterocycles. The van der Waals surface area contributed by atoms with Crippen molar-refractivity contribution in [2.75, 3.05) is 32.2 Å². The standard InChI is InChI=1S/C20H26N4O4/c1-3-21-20(22-15-16-8-4-5-11-19(16)24(25)26)23-17-9-6-10-18(14-17)28-13-7-12-27-2/h4-6,8-11,14H,3,7,12-13,15H2,1-2H3,(H2,21,22,23). The predicted octanol–water partition coefficient (Wildman–Crippen LogP) is 3.59. The van der Waals surface area contributed by atoms with Crippen LogP contribution in [0.25, 0.3) is 0 Å². The second-order valence-corrected chi connectivity index (χ2v) is 5.93. The van der Waals surface area contributed by atoms with Crippen molar-refractivity contribution < 1.29 is 14.4 Å². The molecular weight excluding hydrogens is 360 g/mol. The molecule has 2 rings (SSSR count). The molecule has 8 nitrogen and oxygen atoms in total. The van der Waals surface area contributed by atoms with Crippen LogP contribution in [0.1, 0.15) is 18.9 Å². The number of ether oxygens (including phenoxy) is 2. The minimum absolute atomic E-state index is 0.0635. The summed E-state index contributed by atoms with van der Waals surface area (Å²) in [7, 11) is 1.66. The smallest absolute Gasteiger partial charge is 0.274 e. The van der Waals surface area contributed by atoms with Crippen LogP contribution < -0.4 is 15.4 Å². The van der Waals surface area contributed by atoms with E-state index in [0.717, 1.165) is 17.9 Å². The van der Waals surface area contributed by atoms with Crippen LogP contribution in [0.5, 0.6) is 5.75 Å². The van der Waals surface area contributed by atoms with Crippen LogP contribution in [-0.2, 0) is 11.3 Å². The first-order chi connectivity index (χ1) is 13.6. The van der Waals surface area contributed by atoms with Gasteiger partial charge in [0.1, 0.15) is 5.75 Å². The molecule has 150 valence electrons. The van der Waals surface area contributed by atoms with E-state index in [9.17, 15) is 10.1 Å². The Morgan fingerprint density at radius 2 is 2.00 bits per heavy atom. The molecule has 0 bridgehead atoms. The molecule has 0 aliphatic carbocycles. The zero-order chi connectivity index (χ0) is 20.2. The Balaban J connectivity index is 2.06. The number of para-hydroxylation sites is 1. The van der Waals surface area contributed by atoms with Gasteiger partial charge in [-0.15, -0.1) is 0 Å². The maximum absolute atomic E-state index is 11.2. The van der Waals surface area contributed by atoms with E-state index in [1.165, 1.54) is 6.07 Å². The lowest BCUT2D eigenvalue weighted by Crippen LogP contribution is -2.30. The Morgan fingerprint density at radius 1 is 1.18 bits per heavy atom. The Morgan fingerprint density at radius 3 is 2.75 bits per heavy atom. The lowest BCUT2D eigenvalue weighted by molar-refractivity contribution is -0.385. The number of benzene rings is 2. The second kappa shape index (κ2) is 11.6. The van der Waals surface area contributed by atoms with Crippen molar-refractivity contribution in [2.24, 2.45) is 4.99 Å². The number of guanidine groups is 1. The van der Waals surface area contributed by atoms with E-state index >= 15 is 0 Å². The van der Waals surface area contributed by atoms with Gasteiger partial charge in [-0.25, -0.2) is 4.99 Å². The second-order valence-electron chi connectivity index (χ2n) is 5.93. The number of nitro groups is 1. The van der Waals surface area contributed by atoms with E-state index in [0.29, 0.717) is 31.3 Å². The van der Waals surface area contributed by atoms with Crippen molar-refractivity contribution in [3.8, 4) is 5.75 Å². The summed E-state index contributed by atoms with van der Waals surface area (Å²) >= 11 is 0. The third kappa shape index (κ3) is 6.88. The predicted molar refractivity (Wildman–Crippen MR) is 110 cm³/mol. The normalized spacial score (nSPS) is 11.1. The molecule has 0 atom stereocenters. The number of nitro benzene ring substituents is 1. The summed E-state index contributed by atoms with van der Waals surface area (Å²) in [5, 5.41) is 17.5. The van der Waals surface area contributed by atoms with Gasteiger partial charge in [0, 0.05) is 44.5 Å². The molecule has 0 unspecified atom stereocenters. The van der Waals surface area contributed by atoms with E-state index in [4.69, 9.17) is 9.47 Å². The van der Waals surface area contributed by atoms with Gasteiger partial charge in [-0.3, -0.25) is 10.1 Å². The van der Waals surface area contributed by atoms with Crippen LogP contribution in [-0.4, -0.2) is 37.8 Å². The van der Waals surface area contributed by atoms with Crippen molar-refractivity contribution in [1.82, 2.24) is 5.32 Å². The van der Waals surface area contributed by atoms with Crippen molar-refractivity contribution in [2.45, 2.75) is 19.9 Å². The Kier molecular flexibility index (Phi) is 8.74. The molecule has 8 heteroatoms. The molecule has 2 aromatic carbocycles. The first-order valence-corrected chi connectivity index (χ1v) is 9.13. The molecule has 0 aliphatic heterocycles. The van der Waals surface area contributed by atoms with Crippen molar-refractivity contribution in [1.29, 1.82) is 0 Å². The lowest BCUT2D eigenvalue weighted by atomic mass is 10.2. The largest absolute Gasteiger partial charge is 0.493 e. The van der Waals surface area contributed by atoms with Gasteiger partial charge < -0.3 is 20.1 Å². The molecule has 28 heavy (non-hydrogen) atoms. The summed E-state index contributed by atoms with van der Waals surface area (Å²) in [6.45, 7) is 4.04. The Bertz CT molecular complexity index is 795. The van der Waals surface area contributed by atoms with Gasteiger partial charge >= 0.3 is 0 Å². The quantitative estimate of drug-likeness (QED) is 0.213. The molecule has 2 aromatic rings. The maximum atomic E-state index is 11.2. The van der Waals surface area contributed by atoms with Crippen LogP contribution in [0.15, 0.2) is 53.5 Å².